The number of thioether (sulfide) groups is 1. The second kappa shape index (κ2) is 15.4. The highest BCUT2D eigenvalue weighted by molar-refractivity contribution is 8.01. The van der Waals surface area contributed by atoms with Crippen LogP contribution in [0.2, 0.25) is 0 Å². The molecule has 0 saturated carbocycles. The second-order valence-electron chi connectivity index (χ2n) is 10.4. The first-order valence-corrected chi connectivity index (χ1v) is 16.1. The zero-order valence-corrected chi connectivity index (χ0v) is 25.2. The third kappa shape index (κ3) is 8.85. The number of ether oxygens (including phenoxy) is 2. The van der Waals surface area contributed by atoms with Crippen molar-refractivity contribution in [3.63, 3.8) is 0 Å². The third-order valence-electron chi connectivity index (χ3n) is 7.18. The van der Waals surface area contributed by atoms with Gasteiger partial charge in [-0.3, -0.25) is 14.8 Å². The first-order chi connectivity index (χ1) is 21.0. The number of aliphatic hydroxyl groups excluding tert-OH is 1. The summed E-state index contributed by atoms with van der Waals surface area (Å²) in [5.41, 5.74) is 6.03. The van der Waals surface area contributed by atoms with Gasteiger partial charge >= 0.3 is 0 Å². The quantitative estimate of drug-likeness (QED) is 0.0575. The van der Waals surface area contributed by atoms with Gasteiger partial charge in [-0.05, 0) is 48.2 Å². The Kier molecular flexibility index (Phi) is 11.2. The average molecular weight is 622 g/mol. The molecular weight excluding hydrogens is 587 g/mol. The number of hydroxylamine groups is 1. The number of nitrogens with zero attached hydrogens (tertiary/aromatic N) is 1. The predicted molar refractivity (Wildman–Crippen MR) is 167 cm³/mol. The van der Waals surface area contributed by atoms with Gasteiger partial charge in [-0.25, -0.2) is 10.5 Å². The number of amides is 2. The molecule has 4 N–H and O–H groups in total. The van der Waals surface area contributed by atoms with Crippen molar-refractivity contribution >= 4 is 50.8 Å². The van der Waals surface area contributed by atoms with Crippen molar-refractivity contribution in [3.05, 3.63) is 89.5 Å². The number of carbonyl (C=O) groups is 2. The van der Waals surface area contributed by atoms with E-state index in [0.29, 0.717) is 31.4 Å². The van der Waals surface area contributed by atoms with Crippen LogP contribution in [0.15, 0.2) is 77.1 Å². The Hall–Kier alpha value is -3.32. The topological polar surface area (TPSA) is 130 Å². The van der Waals surface area contributed by atoms with Gasteiger partial charge in [0.15, 0.2) is 10.6 Å². The summed E-state index contributed by atoms with van der Waals surface area (Å²) >= 11 is 3.37. The van der Waals surface area contributed by atoms with E-state index >= 15 is 0 Å². The summed E-state index contributed by atoms with van der Waals surface area (Å²) in [5.74, 6) is 0.214. The van der Waals surface area contributed by atoms with Crippen molar-refractivity contribution in [2.24, 2.45) is 0 Å². The van der Waals surface area contributed by atoms with Crippen LogP contribution in [0.1, 0.15) is 67.6 Å². The highest BCUT2D eigenvalue weighted by Gasteiger charge is 2.32. The molecule has 1 fully saturated rings. The lowest BCUT2D eigenvalue weighted by Crippen LogP contribution is -2.31. The molecule has 226 valence electrons. The van der Waals surface area contributed by atoms with Crippen LogP contribution < -0.4 is 10.8 Å². The van der Waals surface area contributed by atoms with Crippen molar-refractivity contribution in [2.45, 2.75) is 68.0 Å². The molecule has 9 nitrogen and oxygen atoms in total. The average Bonchev–Trinajstić information content (AvgIpc) is 3.47. The van der Waals surface area contributed by atoms with Crippen molar-refractivity contribution in [2.75, 3.05) is 11.1 Å². The molecule has 0 spiro atoms. The fraction of sp³-hybridized carbons (Fsp3) is 0.344. The van der Waals surface area contributed by atoms with Crippen LogP contribution in [0.5, 0.6) is 0 Å². The Morgan fingerprint density at radius 1 is 0.907 bits per heavy atom. The highest BCUT2D eigenvalue weighted by atomic mass is 32.2. The van der Waals surface area contributed by atoms with Gasteiger partial charge in [-0.1, -0.05) is 66.7 Å². The summed E-state index contributed by atoms with van der Waals surface area (Å²) in [6.45, 7) is -0.00872. The minimum Gasteiger partial charge on any atom is -0.392 e. The van der Waals surface area contributed by atoms with E-state index in [4.69, 9.17) is 19.7 Å². The maximum Gasteiger partial charge on any atom is 0.243 e. The molecule has 0 bridgehead atoms. The Balaban J connectivity index is 1.21. The molecule has 0 radical (unpaired) electrons. The molecule has 1 aromatic heterocycles. The molecule has 2 amide bonds. The van der Waals surface area contributed by atoms with Crippen LogP contribution in [0.25, 0.3) is 10.2 Å². The summed E-state index contributed by atoms with van der Waals surface area (Å²) < 4.78 is 15.1. The molecule has 3 aromatic carbocycles. The van der Waals surface area contributed by atoms with Crippen LogP contribution in [0.3, 0.4) is 0 Å². The summed E-state index contributed by atoms with van der Waals surface area (Å²) in [4.78, 5) is 28.2. The monoisotopic (exact) mass is 621 g/mol. The Bertz CT molecular complexity index is 1460. The number of aliphatic hydroxyl groups is 1. The Labute approximate surface area is 258 Å². The molecule has 1 saturated heterocycles. The van der Waals surface area contributed by atoms with Gasteiger partial charge in [-0.15, -0.1) is 11.3 Å². The highest BCUT2D eigenvalue weighted by Crippen LogP contribution is 2.40. The number of hydrogen-bond donors (Lipinski definition) is 4. The number of aromatic nitrogens is 1. The number of rotatable bonds is 13. The van der Waals surface area contributed by atoms with Crippen LogP contribution in [-0.2, 0) is 25.7 Å². The molecule has 0 aliphatic carbocycles. The van der Waals surface area contributed by atoms with Crippen molar-refractivity contribution in [3.8, 4) is 0 Å². The Morgan fingerprint density at radius 2 is 1.63 bits per heavy atom. The second-order valence-corrected chi connectivity index (χ2v) is 12.7. The van der Waals surface area contributed by atoms with E-state index in [1.165, 1.54) is 0 Å². The SMILES string of the molecule is O=C(CCCCCC(=O)Nc1ccc(C2OC(CSc3nc4ccccc4s3)CC(c3ccc(CO)cc3)O2)cc1)NO. The molecule has 4 aromatic rings. The zero-order chi connectivity index (χ0) is 30.0. The number of carbonyl (C=O) groups excluding carboxylic acids is 2. The van der Waals surface area contributed by atoms with Crippen molar-refractivity contribution in [1.29, 1.82) is 0 Å². The van der Waals surface area contributed by atoms with E-state index < -0.39 is 12.2 Å². The van der Waals surface area contributed by atoms with Gasteiger partial charge in [0, 0.05) is 36.3 Å². The number of thiazole rings is 1. The molecule has 2 heterocycles. The predicted octanol–water partition coefficient (Wildman–Crippen LogP) is 6.52. The van der Waals surface area contributed by atoms with E-state index in [1.807, 2.05) is 66.7 Å². The van der Waals surface area contributed by atoms with E-state index in [9.17, 15) is 14.7 Å². The van der Waals surface area contributed by atoms with Gasteiger partial charge in [0.25, 0.3) is 0 Å². The maximum atomic E-state index is 12.4. The maximum absolute atomic E-state index is 12.4. The first kappa shape index (κ1) is 31.1. The first-order valence-electron chi connectivity index (χ1n) is 14.3. The minimum atomic E-state index is -0.585. The van der Waals surface area contributed by atoms with E-state index in [2.05, 4.69) is 11.4 Å². The number of hydrogen-bond acceptors (Lipinski definition) is 9. The number of anilines is 1. The molecule has 3 unspecified atom stereocenters. The Morgan fingerprint density at radius 3 is 2.35 bits per heavy atom. The lowest BCUT2D eigenvalue weighted by molar-refractivity contribution is -0.245. The van der Waals surface area contributed by atoms with Gasteiger partial charge in [0.2, 0.25) is 11.8 Å². The van der Waals surface area contributed by atoms with E-state index in [1.54, 1.807) is 28.6 Å². The number of unbranched alkanes of at least 4 members (excludes halogenated alkanes) is 2. The number of para-hydroxylation sites is 1. The largest absolute Gasteiger partial charge is 0.392 e. The van der Waals surface area contributed by atoms with Gasteiger partial charge < -0.3 is 19.9 Å². The van der Waals surface area contributed by atoms with Crippen LogP contribution in [-0.4, -0.2) is 39.0 Å². The molecule has 1 aliphatic heterocycles. The van der Waals surface area contributed by atoms with Crippen LogP contribution in [0, 0.1) is 0 Å². The standard InChI is InChI=1S/C32H35N3O6S2/c36-19-21-10-12-22(13-11-21)27-18-25(20-42-32-34-26-6-4-5-7-28(26)43-32)40-31(41-27)23-14-16-24(17-15-23)33-29(37)8-2-1-3-9-30(38)35-39/h4-7,10-17,25,27,31,36,39H,1-3,8-9,18-20H2,(H,33,37)(H,35,38). The summed E-state index contributed by atoms with van der Waals surface area (Å²) in [6.07, 6.45) is 2.41. The minimum absolute atomic E-state index is 0.00872. The normalized spacial score (nSPS) is 18.4. The van der Waals surface area contributed by atoms with Gasteiger partial charge in [0.05, 0.1) is 29.0 Å². The zero-order valence-electron chi connectivity index (χ0n) is 23.6. The molecular formula is C32H35N3O6S2. The van der Waals surface area contributed by atoms with E-state index in [0.717, 1.165) is 43.4 Å². The molecule has 3 atom stereocenters. The van der Waals surface area contributed by atoms with Crippen molar-refractivity contribution < 1.29 is 29.4 Å². The fourth-order valence-electron chi connectivity index (χ4n) is 4.85. The van der Waals surface area contributed by atoms with E-state index in [-0.39, 0.29) is 31.1 Å². The third-order valence-corrected chi connectivity index (χ3v) is 9.49. The number of nitrogens with one attached hydrogen (secondary N) is 2. The smallest absolute Gasteiger partial charge is 0.243 e. The van der Waals surface area contributed by atoms with Crippen molar-refractivity contribution in [1.82, 2.24) is 10.5 Å². The molecule has 43 heavy (non-hydrogen) atoms. The molecule has 11 heteroatoms. The molecule has 1 aliphatic rings. The van der Waals surface area contributed by atoms with Gasteiger partial charge in [0.1, 0.15) is 0 Å². The number of benzene rings is 3. The van der Waals surface area contributed by atoms with Gasteiger partial charge in [-0.2, -0.15) is 0 Å². The summed E-state index contributed by atoms with van der Waals surface area (Å²) in [5, 5.41) is 20.9. The lowest BCUT2D eigenvalue weighted by atomic mass is 10.0. The fourth-order valence-corrected chi connectivity index (χ4v) is 6.96. The summed E-state index contributed by atoms with van der Waals surface area (Å²) in [7, 11) is 0. The van der Waals surface area contributed by atoms with Crippen LogP contribution >= 0.6 is 23.1 Å². The van der Waals surface area contributed by atoms with Crippen LogP contribution in [0.4, 0.5) is 5.69 Å². The number of fused-ring (bicyclic) bond motifs is 1. The lowest BCUT2D eigenvalue weighted by Gasteiger charge is -2.36. The summed E-state index contributed by atoms with van der Waals surface area (Å²) in [6, 6.07) is 23.4. The molecule has 5 rings (SSSR count).